The van der Waals surface area contributed by atoms with Crippen LogP contribution in [0.3, 0.4) is 0 Å². The normalized spacial score (nSPS) is 14.2. The summed E-state index contributed by atoms with van der Waals surface area (Å²) < 4.78 is 5.51. The van der Waals surface area contributed by atoms with Gasteiger partial charge in [0.2, 0.25) is 0 Å². The van der Waals surface area contributed by atoms with Crippen LogP contribution in [0.2, 0.25) is 0 Å². The summed E-state index contributed by atoms with van der Waals surface area (Å²) in [5.41, 5.74) is 3.71. The third-order valence-electron chi connectivity index (χ3n) is 3.13. The van der Waals surface area contributed by atoms with E-state index in [1.165, 1.54) is 12.8 Å². The molecule has 0 aliphatic heterocycles. The van der Waals surface area contributed by atoms with E-state index < -0.39 is 0 Å². The van der Waals surface area contributed by atoms with Gasteiger partial charge in [0.1, 0.15) is 0 Å². The highest BCUT2D eigenvalue weighted by molar-refractivity contribution is 5.99. The van der Waals surface area contributed by atoms with Gasteiger partial charge in [-0.25, -0.2) is 0 Å². The Kier molecular flexibility index (Phi) is 5.18. The maximum absolute atomic E-state index is 11.9. The molecule has 19 heavy (non-hydrogen) atoms. The third-order valence-corrected chi connectivity index (χ3v) is 3.13. The number of hydrogen-bond acceptors (Lipinski definition) is 4. The summed E-state index contributed by atoms with van der Waals surface area (Å²) in [4.78, 5) is 11.9. The monoisotopic (exact) mass is 263 g/mol. The number of carbonyl (C=O) groups is 1. The van der Waals surface area contributed by atoms with Gasteiger partial charge in [-0.2, -0.15) is 0 Å². The molecule has 0 unspecified atom stereocenters. The predicted octanol–water partition coefficient (Wildman–Crippen LogP) is 1.52. The zero-order valence-electron chi connectivity index (χ0n) is 11.0. The summed E-state index contributed by atoms with van der Waals surface area (Å²) in [6, 6.07) is 7.16. The first-order chi connectivity index (χ1) is 9.31. The van der Waals surface area contributed by atoms with Crippen LogP contribution in [-0.2, 0) is 4.74 Å². The molecule has 1 aliphatic carbocycles. The van der Waals surface area contributed by atoms with E-state index in [0.717, 1.165) is 18.9 Å². The van der Waals surface area contributed by atoms with E-state index in [9.17, 15) is 4.79 Å². The van der Waals surface area contributed by atoms with Gasteiger partial charge in [0.25, 0.3) is 5.91 Å². The fraction of sp³-hybridized carbons (Fsp3) is 0.500. The number of rotatable bonds is 8. The van der Waals surface area contributed by atoms with Gasteiger partial charge in [0.05, 0.1) is 11.3 Å². The minimum atomic E-state index is -0.115. The Morgan fingerprint density at radius 1 is 1.37 bits per heavy atom. The second kappa shape index (κ2) is 7.11. The van der Waals surface area contributed by atoms with Gasteiger partial charge >= 0.3 is 0 Å². The third kappa shape index (κ3) is 4.54. The minimum absolute atomic E-state index is 0.115. The van der Waals surface area contributed by atoms with Crippen LogP contribution >= 0.6 is 0 Å². The minimum Gasteiger partial charge on any atom is -0.381 e. The van der Waals surface area contributed by atoms with Crippen LogP contribution in [0.25, 0.3) is 0 Å². The first-order valence-electron chi connectivity index (χ1n) is 6.73. The van der Waals surface area contributed by atoms with Crippen LogP contribution < -0.4 is 16.6 Å². The van der Waals surface area contributed by atoms with E-state index in [-0.39, 0.29) is 5.91 Å². The Bertz CT molecular complexity index is 419. The highest BCUT2D eigenvalue weighted by atomic mass is 16.5. The van der Waals surface area contributed by atoms with E-state index in [1.54, 1.807) is 12.1 Å². The van der Waals surface area contributed by atoms with Crippen molar-refractivity contribution in [2.45, 2.75) is 19.3 Å². The van der Waals surface area contributed by atoms with E-state index in [0.29, 0.717) is 24.4 Å². The molecule has 0 aromatic heterocycles. The molecule has 1 aromatic carbocycles. The molecule has 2 rings (SSSR count). The van der Waals surface area contributed by atoms with E-state index in [4.69, 9.17) is 10.6 Å². The second-order valence-corrected chi connectivity index (χ2v) is 4.82. The maximum Gasteiger partial charge on any atom is 0.253 e. The zero-order valence-corrected chi connectivity index (χ0v) is 11.0. The molecule has 4 N–H and O–H groups in total. The van der Waals surface area contributed by atoms with Crippen LogP contribution in [0, 0.1) is 5.92 Å². The molecule has 104 valence electrons. The lowest BCUT2D eigenvalue weighted by molar-refractivity contribution is 0.0938. The molecule has 0 radical (unpaired) electrons. The molecule has 0 atom stereocenters. The molecular formula is C14H21N3O2. The molecule has 0 saturated heterocycles. The second-order valence-electron chi connectivity index (χ2n) is 4.82. The van der Waals surface area contributed by atoms with Crippen LogP contribution in [-0.4, -0.2) is 25.7 Å². The Balaban J connectivity index is 1.65. The number of ether oxygens (including phenoxy) is 1. The fourth-order valence-corrected chi connectivity index (χ4v) is 1.81. The molecule has 0 spiro atoms. The van der Waals surface area contributed by atoms with Crippen molar-refractivity contribution >= 4 is 11.6 Å². The fourth-order valence-electron chi connectivity index (χ4n) is 1.81. The van der Waals surface area contributed by atoms with Crippen molar-refractivity contribution in [2.75, 3.05) is 25.2 Å². The SMILES string of the molecule is NNc1ccccc1C(=O)NCCCOCC1CC1. The summed E-state index contributed by atoms with van der Waals surface area (Å²) in [6.45, 7) is 2.18. The van der Waals surface area contributed by atoms with Crippen LogP contribution in [0.4, 0.5) is 5.69 Å². The summed E-state index contributed by atoms with van der Waals surface area (Å²) >= 11 is 0. The number of hydrogen-bond donors (Lipinski definition) is 3. The standard InChI is InChI=1S/C14H21N3O2/c15-17-13-5-2-1-4-12(13)14(18)16-8-3-9-19-10-11-6-7-11/h1-2,4-5,11,17H,3,6-10,15H2,(H,16,18). The zero-order chi connectivity index (χ0) is 13.5. The number of benzene rings is 1. The predicted molar refractivity (Wildman–Crippen MR) is 74.7 cm³/mol. The van der Waals surface area contributed by atoms with E-state index >= 15 is 0 Å². The van der Waals surface area contributed by atoms with Gasteiger partial charge in [-0.3, -0.25) is 10.6 Å². The Morgan fingerprint density at radius 2 is 2.16 bits per heavy atom. The number of para-hydroxylation sites is 1. The van der Waals surface area contributed by atoms with Gasteiger partial charge in [0.15, 0.2) is 0 Å². The lowest BCUT2D eigenvalue weighted by Crippen LogP contribution is -2.26. The highest BCUT2D eigenvalue weighted by Gasteiger charge is 2.20. The number of hydrazine groups is 1. The van der Waals surface area contributed by atoms with Gasteiger partial charge in [0, 0.05) is 19.8 Å². The largest absolute Gasteiger partial charge is 0.381 e. The van der Waals surface area contributed by atoms with Crippen molar-refractivity contribution in [1.29, 1.82) is 0 Å². The topological polar surface area (TPSA) is 76.4 Å². The van der Waals surface area contributed by atoms with Gasteiger partial charge in [-0.05, 0) is 37.3 Å². The van der Waals surface area contributed by atoms with Crippen molar-refractivity contribution in [3.05, 3.63) is 29.8 Å². The average Bonchev–Trinajstić information content (AvgIpc) is 3.26. The number of anilines is 1. The molecule has 1 aromatic rings. The maximum atomic E-state index is 11.9. The molecule has 1 amide bonds. The molecule has 0 heterocycles. The van der Waals surface area contributed by atoms with Gasteiger partial charge < -0.3 is 15.5 Å². The summed E-state index contributed by atoms with van der Waals surface area (Å²) in [6.07, 6.45) is 3.44. The van der Waals surface area contributed by atoms with Crippen molar-refractivity contribution in [2.24, 2.45) is 11.8 Å². The number of nitrogen functional groups attached to an aromatic ring is 1. The van der Waals surface area contributed by atoms with E-state index in [1.807, 2.05) is 12.1 Å². The van der Waals surface area contributed by atoms with E-state index in [2.05, 4.69) is 10.7 Å². The Hall–Kier alpha value is -1.59. The number of carbonyl (C=O) groups excluding carboxylic acids is 1. The smallest absolute Gasteiger partial charge is 0.253 e. The van der Waals surface area contributed by atoms with Crippen molar-refractivity contribution < 1.29 is 9.53 Å². The van der Waals surface area contributed by atoms with Crippen LogP contribution in [0.5, 0.6) is 0 Å². The van der Waals surface area contributed by atoms with Crippen LogP contribution in [0.15, 0.2) is 24.3 Å². The average molecular weight is 263 g/mol. The summed E-state index contributed by atoms with van der Waals surface area (Å²) in [7, 11) is 0. The van der Waals surface area contributed by atoms with Gasteiger partial charge in [-0.15, -0.1) is 0 Å². The van der Waals surface area contributed by atoms with Crippen molar-refractivity contribution in [3.8, 4) is 0 Å². The lowest BCUT2D eigenvalue weighted by atomic mass is 10.1. The molecule has 1 saturated carbocycles. The molecule has 5 heteroatoms. The highest BCUT2D eigenvalue weighted by Crippen LogP contribution is 2.28. The Labute approximate surface area is 113 Å². The molecule has 5 nitrogen and oxygen atoms in total. The summed E-state index contributed by atoms with van der Waals surface area (Å²) in [5.74, 6) is 6.04. The molecule has 0 bridgehead atoms. The first-order valence-corrected chi connectivity index (χ1v) is 6.73. The Morgan fingerprint density at radius 3 is 2.89 bits per heavy atom. The number of nitrogens with one attached hydrogen (secondary N) is 2. The van der Waals surface area contributed by atoms with Gasteiger partial charge in [-0.1, -0.05) is 12.1 Å². The van der Waals surface area contributed by atoms with Crippen molar-refractivity contribution in [3.63, 3.8) is 0 Å². The molecule has 1 aliphatic rings. The number of nitrogens with two attached hydrogens (primary N) is 1. The lowest BCUT2D eigenvalue weighted by Gasteiger charge is -2.09. The molecular weight excluding hydrogens is 242 g/mol. The number of amides is 1. The van der Waals surface area contributed by atoms with Crippen LogP contribution in [0.1, 0.15) is 29.6 Å². The molecule has 1 fully saturated rings. The summed E-state index contributed by atoms with van der Waals surface area (Å²) in [5, 5.41) is 2.86. The first kappa shape index (κ1) is 13.8. The quantitative estimate of drug-likeness (QED) is 0.377. The van der Waals surface area contributed by atoms with Crippen molar-refractivity contribution in [1.82, 2.24) is 5.32 Å².